The van der Waals surface area contributed by atoms with E-state index in [-0.39, 0.29) is 36.8 Å². The van der Waals surface area contributed by atoms with E-state index in [4.69, 9.17) is 23.7 Å². The van der Waals surface area contributed by atoms with Gasteiger partial charge in [0.25, 0.3) is 11.8 Å². The molecule has 1 aliphatic rings. The van der Waals surface area contributed by atoms with Gasteiger partial charge in [0.15, 0.2) is 0 Å². The average molecular weight is 416 g/mol. The summed E-state index contributed by atoms with van der Waals surface area (Å²) in [7, 11) is 3.22. The Kier molecular flexibility index (Phi) is 13.9. The van der Waals surface area contributed by atoms with Gasteiger partial charge in [-0.1, -0.05) is 0 Å². The van der Waals surface area contributed by atoms with Gasteiger partial charge in [0.2, 0.25) is 5.91 Å². The van der Waals surface area contributed by atoms with Crippen LogP contribution in [0, 0.1) is 0 Å². The van der Waals surface area contributed by atoms with Crippen molar-refractivity contribution in [3.63, 3.8) is 0 Å². The summed E-state index contributed by atoms with van der Waals surface area (Å²) in [6.07, 6.45) is 2.90. The molecule has 0 radical (unpaired) electrons. The molecular formula is C19H32N2O8. The van der Waals surface area contributed by atoms with E-state index in [0.29, 0.717) is 59.2 Å². The molecule has 0 aromatic rings. The topological polar surface area (TPSA) is 113 Å². The zero-order valence-electron chi connectivity index (χ0n) is 17.2. The first-order valence-corrected chi connectivity index (χ1v) is 9.63. The summed E-state index contributed by atoms with van der Waals surface area (Å²) in [5.41, 5.74) is 0. The lowest BCUT2D eigenvalue weighted by Gasteiger charge is -2.18. The summed E-state index contributed by atoms with van der Waals surface area (Å²) in [4.78, 5) is 35.6. The molecule has 1 heterocycles. The van der Waals surface area contributed by atoms with Crippen LogP contribution >= 0.6 is 0 Å². The maximum absolute atomic E-state index is 11.8. The second-order valence-corrected chi connectivity index (χ2v) is 6.24. The SMILES string of the molecule is COCCOCC(COCCCNC(=O)CCN1C(=O)C=CC1=O)OCCOC. The molecule has 1 rings (SSSR count). The normalized spacial score (nSPS) is 14.6. The monoisotopic (exact) mass is 416 g/mol. The van der Waals surface area contributed by atoms with Gasteiger partial charge in [0, 0.05) is 52.5 Å². The quantitative estimate of drug-likeness (QED) is 0.236. The first-order chi connectivity index (χ1) is 14.1. The largest absolute Gasteiger partial charge is 0.382 e. The van der Waals surface area contributed by atoms with E-state index in [1.165, 1.54) is 12.2 Å². The number of carbonyl (C=O) groups is 3. The maximum Gasteiger partial charge on any atom is 0.253 e. The fourth-order valence-electron chi connectivity index (χ4n) is 2.37. The molecule has 166 valence electrons. The Morgan fingerprint density at radius 2 is 1.59 bits per heavy atom. The zero-order chi connectivity index (χ0) is 21.3. The first-order valence-electron chi connectivity index (χ1n) is 9.63. The molecule has 0 fully saturated rings. The minimum atomic E-state index is -0.385. The number of imide groups is 1. The van der Waals surface area contributed by atoms with Crippen molar-refractivity contribution in [2.45, 2.75) is 18.9 Å². The summed E-state index contributed by atoms with van der Waals surface area (Å²) >= 11 is 0. The van der Waals surface area contributed by atoms with Gasteiger partial charge in [-0.3, -0.25) is 19.3 Å². The lowest BCUT2D eigenvalue weighted by molar-refractivity contribution is -0.137. The minimum Gasteiger partial charge on any atom is -0.382 e. The van der Waals surface area contributed by atoms with Crippen molar-refractivity contribution < 1.29 is 38.1 Å². The molecule has 0 aromatic heterocycles. The van der Waals surface area contributed by atoms with Gasteiger partial charge in [-0.15, -0.1) is 0 Å². The lowest BCUT2D eigenvalue weighted by Crippen LogP contribution is -2.35. The van der Waals surface area contributed by atoms with E-state index in [1.54, 1.807) is 14.2 Å². The van der Waals surface area contributed by atoms with Crippen LogP contribution in [0.1, 0.15) is 12.8 Å². The third-order valence-electron chi connectivity index (χ3n) is 3.93. The maximum atomic E-state index is 11.8. The summed E-state index contributed by atoms with van der Waals surface area (Å²) in [5.74, 6) is -0.987. The Morgan fingerprint density at radius 3 is 2.24 bits per heavy atom. The molecule has 0 bridgehead atoms. The molecule has 0 spiro atoms. The lowest BCUT2D eigenvalue weighted by atomic mass is 10.3. The molecule has 1 aliphatic heterocycles. The summed E-state index contributed by atoms with van der Waals surface area (Å²) < 4.78 is 26.6. The van der Waals surface area contributed by atoms with Gasteiger partial charge in [-0.05, 0) is 6.42 Å². The molecule has 29 heavy (non-hydrogen) atoms. The number of nitrogens with zero attached hydrogens (tertiary/aromatic N) is 1. The van der Waals surface area contributed by atoms with E-state index < -0.39 is 0 Å². The molecular weight excluding hydrogens is 384 g/mol. The summed E-state index contributed by atoms with van der Waals surface area (Å²) in [5, 5.41) is 2.74. The Morgan fingerprint density at radius 1 is 0.966 bits per heavy atom. The van der Waals surface area contributed by atoms with Crippen molar-refractivity contribution in [2.75, 3.05) is 73.6 Å². The van der Waals surface area contributed by atoms with Crippen LogP contribution in [-0.2, 0) is 38.1 Å². The molecule has 0 saturated carbocycles. The van der Waals surface area contributed by atoms with E-state index in [1.807, 2.05) is 0 Å². The first kappa shape index (κ1) is 25.2. The number of hydrogen-bond donors (Lipinski definition) is 1. The molecule has 1 atom stereocenters. The van der Waals surface area contributed by atoms with Gasteiger partial charge in [-0.25, -0.2) is 0 Å². The van der Waals surface area contributed by atoms with Crippen LogP contribution in [0.2, 0.25) is 0 Å². The number of nitrogens with one attached hydrogen (secondary N) is 1. The van der Waals surface area contributed by atoms with Crippen LogP contribution in [0.15, 0.2) is 12.2 Å². The van der Waals surface area contributed by atoms with Crippen molar-refractivity contribution in [3.8, 4) is 0 Å². The highest BCUT2D eigenvalue weighted by molar-refractivity contribution is 6.13. The number of amides is 3. The van der Waals surface area contributed by atoms with Crippen molar-refractivity contribution in [2.24, 2.45) is 0 Å². The van der Waals surface area contributed by atoms with Crippen molar-refractivity contribution in [1.29, 1.82) is 0 Å². The van der Waals surface area contributed by atoms with Crippen LogP contribution < -0.4 is 5.32 Å². The van der Waals surface area contributed by atoms with Crippen molar-refractivity contribution in [1.82, 2.24) is 10.2 Å². The van der Waals surface area contributed by atoms with Gasteiger partial charge in [-0.2, -0.15) is 0 Å². The Labute approximate surface area is 171 Å². The van der Waals surface area contributed by atoms with E-state index >= 15 is 0 Å². The zero-order valence-corrected chi connectivity index (χ0v) is 17.2. The molecule has 0 aliphatic carbocycles. The summed E-state index contributed by atoms with van der Waals surface area (Å²) in [6, 6.07) is 0. The third-order valence-corrected chi connectivity index (χ3v) is 3.93. The number of methoxy groups -OCH3 is 2. The molecule has 10 nitrogen and oxygen atoms in total. The second kappa shape index (κ2) is 16.0. The Bertz CT molecular complexity index is 508. The standard InChI is InChI=1S/C19H32N2O8/c1-25-10-12-28-15-16(29-13-11-26-2)14-27-9-3-7-20-17(22)6-8-21-18(23)4-5-19(21)24/h4-5,16H,3,6-15H2,1-2H3,(H,20,22). The minimum absolute atomic E-state index is 0.0776. The average Bonchev–Trinajstić information content (AvgIpc) is 3.03. The van der Waals surface area contributed by atoms with Gasteiger partial charge < -0.3 is 29.0 Å². The highest BCUT2D eigenvalue weighted by Gasteiger charge is 2.23. The number of carbonyl (C=O) groups excluding carboxylic acids is 3. The highest BCUT2D eigenvalue weighted by Crippen LogP contribution is 2.04. The van der Waals surface area contributed by atoms with Crippen LogP contribution in [0.3, 0.4) is 0 Å². The molecule has 3 amide bonds. The van der Waals surface area contributed by atoms with E-state index in [9.17, 15) is 14.4 Å². The predicted octanol–water partition coefficient (Wildman–Crippen LogP) is -0.481. The second-order valence-electron chi connectivity index (χ2n) is 6.24. The highest BCUT2D eigenvalue weighted by atomic mass is 16.6. The van der Waals surface area contributed by atoms with Crippen LogP contribution in [0.5, 0.6) is 0 Å². The third kappa shape index (κ3) is 11.7. The fraction of sp³-hybridized carbons (Fsp3) is 0.737. The van der Waals surface area contributed by atoms with Gasteiger partial charge >= 0.3 is 0 Å². The van der Waals surface area contributed by atoms with Crippen molar-refractivity contribution in [3.05, 3.63) is 12.2 Å². The van der Waals surface area contributed by atoms with Crippen LogP contribution in [0.25, 0.3) is 0 Å². The molecule has 10 heteroatoms. The van der Waals surface area contributed by atoms with Crippen molar-refractivity contribution >= 4 is 17.7 Å². The molecule has 0 saturated heterocycles. The predicted molar refractivity (Wildman–Crippen MR) is 103 cm³/mol. The number of rotatable bonds is 18. The smallest absolute Gasteiger partial charge is 0.253 e. The van der Waals surface area contributed by atoms with Crippen LogP contribution in [-0.4, -0.2) is 102 Å². The Hall–Kier alpha value is -1.85. The summed E-state index contributed by atoms with van der Waals surface area (Å²) in [6.45, 7) is 3.68. The number of hydrogen-bond acceptors (Lipinski definition) is 8. The molecule has 1 unspecified atom stereocenters. The fourth-order valence-corrected chi connectivity index (χ4v) is 2.37. The van der Waals surface area contributed by atoms with Gasteiger partial charge in [0.05, 0.1) is 39.6 Å². The molecule has 0 aromatic carbocycles. The molecule has 1 N–H and O–H groups in total. The van der Waals surface area contributed by atoms with Crippen LogP contribution in [0.4, 0.5) is 0 Å². The van der Waals surface area contributed by atoms with Gasteiger partial charge in [0.1, 0.15) is 6.10 Å². The Balaban J connectivity index is 2.08. The number of ether oxygens (including phenoxy) is 5. The van der Waals surface area contributed by atoms with E-state index in [2.05, 4.69) is 5.32 Å². The van der Waals surface area contributed by atoms with E-state index in [0.717, 1.165) is 4.90 Å².